The topological polar surface area (TPSA) is 50.7 Å². The molecular weight excluding hydrogens is 412 g/mol. The first-order chi connectivity index (χ1) is 10.6. The largest absolute Gasteiger partial charge is 0.495 e. The number of rotatable bonds is 5. The van der Waals surface area contributed by atoms with Crippen LogP contribution in [0.4, 0.5) is 0 Å². The Bertz CT molecular complexity index is 688. The molecule has 114 valence electrons. The van der Waals surface area contributed by atoms with Crippen LogP contribution in [0.3, 0.4) is 0 Å². The molecule has 2 rings (SSSR count). The normalized spacial score (nSPS) is 10.7. The van der Waals surface area contributed by atoms with Crippen molar-refractivity contribution in [3.8, 4) is 5.75 Å². The second-order valence-corrected chi connectivity index (χ2v) is 6.24. The van der Waals surface area contributed by atoms with E-state index in [4.69, 9.17) is 4.74 Å². The Morgan fingerprint density at radius 3 is 2.68 bits per heavy atom. The Hall–Kier alpha value is -1.66. The van der Waals surface area contributed by atoms with Gasteiger partial charge in [-0.2, -0.15) is 5.10 Å². The molecule has 0 aromatic heterocycles. The molecule has 0 aliphatic carbocycles. The highest BCUT2D eigenvalue weighted by Crippen LogP contribution is 2.31. The number of carbonyl (C=O) groups excluding carboxylic acids is 1. The van der Waals surface area contributed by atoms with Gasteiger partial charge < -0.3 is 4.74 Å². The van der Waals surface area contributed by atoms with E-state index in [1.54, 1.807) is 13.3 Å². The summed E-state index contributed by atoms with van der Waals surface area (Å²) in [6.45, 7) is 0. The number of ether oxygens (including phenoxy) is 1. The molecule has 2 aromatic carbocycles. The van der Waals surface area contributed by atoms with Crippen LogP contribution in [0.5, 0.6) is 5.75 Å². The summed E-state index contributed by atoms with van der Waals surface area (Å²) in [6.07, 6.45) is 1.84. The molecule has 1 amide bonds. The summed E-state index contributed by atoms with van der Waals surface area (Å²) >= 11 is 6.83. The first-order valence-electron chi connectivity index (χ1n) is 6.49. The minimum absolute atomic E-state index is 0.171. The first-order valence-corrected chi connectivity index (χ1v) is 8.07. The molecule has 0 saturated carbocycles. The van der Waals surface area contributed by atoms with Crippen LogP contribution >= 0.6 is 31.9 Å². The van der Waals surface area contributed by atoms with Crippen LogP contribution in [0.25, 0.3) is 0 Å². The SMILES string of the molecule is COc1c(Br)cc(Br)cc1C=NNC(=O)Cc1ccccc1. The molecule has 0 bridgehead atoms. The van der Waals surface area contributed by atoms with Gasteiger partial charge >= 0.3 is 0 Å². The maximum atomic E-state index is 11.8. The number of amides is 1. The van der Waals surface area contributed by atoms with Crippen molar-refractivity contribution in [1.29, 1.82) is 0 Å². The molecule has 22 heavy (non-hydrogen) atoms. The third kappa shape index (κ3) is 4.68. The van der Waals surface area contributed by atoms with E-state index in [-0.39, 0.29) is 12.3 Å². The van der Waals surface area contributed by atoms with Crippen molar-refractivity contribution >= 4 is 44.0 Å². The van der Waals surface area contributed by atoms with Crippen molar-refractivity contribution in [2.75, 3.05) is 7.11 Å². The van der Waals surface area contributed by atoms with Crippen LogP contribution < -0.4 is 10.2 Å². The Morgan fingerprint density at radius 2 is 2.00 bits per heavy atom. The molecule has 0 heterocycles. The maximum Gasteiger partial charge on any atom is 0.244 e. The van der Waals surface area contributed by atoms with Gasteiger partial charge in [-0.3, -0.25) is 4.79 Å². The van der Waals surface area contributed by atoms with E-state index in [9.17, 15) is 4.79 Å². The Kier molecular flexibility index (Phi) is 6.15. The standard InChI is InChI=1S/C16H14Br2N2O2/c1-22-16-12(8-13(17)9-14(16)18)10-19-20-15(21)7-11-5-3-2-4-6-11/h2-6,8-10H,7H2,1H3,(H,20,21). The van der Waals surface area contributed by atoms with Gasteiger partial charge in [-0.05, 0) is 33.6 Å². The number of hydrazone groups is 1. The Labute approximate surface area is 145 Å². The summed E-state index contributed by atoms with van der Waals surface area (Å²) in [5, 5.41) is 3.98. The molecule has 0 atom stereocenters. The molecule has 0 unspecified atom stereocenters. The molecule has 2 aromatic rings. The van der Waals surface area contributed by atoms with E-state index < -0.39 is 0 Å². The van der Waals surface area contributed by atoms with Gasteiger partial charge in [0.25, 0.3) is 0 Å². The zero-order valence-corrected chi connectivity index (χ0v) is 15.0. The number of halogens is 2. The zero-order valence-electron chi connectivity index (χ0n) is 11.8. The van der Waals surface area contributed by atoms with Gasteiger partial charge in [0, 0.05) is 10.0 Å². The molecule has 0 aliphatic heterocycles. The predicted octanol–water partition coefficient (Wildman–Crippen LogP) is 3.91. The van der Waals surface area contributed by atoms with Crippen molar-refractivity contribution in [2.45, 2.75) is 6.42 Å². The number of nitrogens with one attached hydrogen (secondary N) is 1. The van der Waals surface area contributed by atoms with E-state index in [2.05, 4.69) is 42.4 Å². The van der Waals surface area contributed by atoms with Gasteiger partial charge in [-0.25, -0.2) is 5.43 Å². The zero-order chi connectivity index (χ0) is 15.9. The fourth-order valence-electron chi connectivity index (χ4n) is 1.89. The van der Waals surface area contributed by atoms with Crippen molar-refractivity contribution in [3.63, 3.8) is 0 Å². The first kappa shape index (κ1) is 16.7. The van der Waals surface area contributed by atoms with Crippen molar-refractivity contribution in [3.05, 3.63) is 62.5 Å². The lowest BCUT2D eigenvalue weighted by molar-refractivity contribution is -0.120. The lowest BCUT2D eigenvalue weighted by Crippen LogP contribution is -2.19. The molecule has 6 heteroatoms. The molecular formula is C16H14Br2N2O2. The predicted molar refractivity (Wildman–Crippen MR) is 94.3 cm³/mol. The summed E-state index contributed by atoms with van der Waals surface area (Å²) in [5.41, 5.74) is 4.21. The van der Waals surface area contributed by atoms with Gasteiger partial charge in [0.05, 0.1) is 24.2 Å². The highest BCUT2D eigenvalue weighted by Gasteiger charge is 2.07. The lowest BCUT2D eigenvalue weighted by Gasteiger charge is -2.07. The fourth-order valence-corrected chi connectivity index (χ4v) is 3.31. The summed E-state index contributed by atoms with van der Waals surface area (Å²) in [6, 6.07) is 13.2. The van der Waals surface area contributed by atoms with Gasteiger partial charge in [-0.15, -0.1) is 0 Å². The van der Waals surface area contributed by atoms with Gasteiger partial charge in [-0.1, -0.05) is 46.3 Å². The molecule has 0 saturated heterocycles. The second kappa shape index (κ2) is 8.10. The van der Waals surface area contributed by atoms with Crippen LogP contribution in [0, 0.1) is 0 Å². The van der Waals surface area contributed by atoms with E-state index >= 15 is 0 Å². The summed E-state index contributed by atoms with van der Waals surface area (Å²) in [7, 11) is 1.58. The molecule has 0 radical (unpaired) electrons. The minimum atomic E-state index is -0.171. The number of methoxy groups -OCH3 is 1. The summed E-state index contributed by atoms with van der Waals surface area (Å²) in [5.74, 6) is 0.486. The minimum Gasteiger partial charge on any atom is -0.495 e. The van der Waals surface area contributed by atoms with Crippen LogP contribution in [-0.4, -0.2) is 19.2 Å². The molecule has 4 nitrogen and oxygen atoms in total. The van der Waals surface area contributed by atoms with Crippen LogP contribution in [-0.2, 0) is 11.2 Å². The molecule has 0 spiro atoms. The Morgan fingerprint density at radius 1 is 1.27 bits per heavy atom. The van der Waals surface area contributed by atoms with E-state index in [0.717, 1.165) is 20.1 Å². The third-order valence-corrected chi connectivity index (χ3v) is 3.89. The van der Waals surface area contributed by atoms with Crippen LogP contribution in [0.2, 0.25) is 0 Å². The maximum absolute atomic E-state index is 11.8. The van der Waals surface area contributed by atoms with E-state index in [1.165, 1.54) is 0 Å². The van der Waals surface area contributed by atoms with Crippen molar-refractivity contribution in [1.82, 2.24) is 5.43 Å². The second-order valence-electron chi connectivity index (χ2n) is 4.47. The van der Waals surface area contributed by atoms with Gasteiger partial charge in [0.1, 0.15) is 5.75 Å². The quantitative estimate of drug-likeness (QED) is 0.583. The number of hydrogen-bond donors (Lipinski definition) is 1. The van der Waals surface area contributed by atoms with Crippen molar-refractivity contribution < 1.29 is 9.53 Å². The highest BCUT2D eigenvalue weighted by atomic mass is 79.9. The molecule has 0 fully saturated rings. The van der Waals surface area contributed by atoms with Crippen molar-refractivity contribution in [2.24, 2.45) is 5.10 Å². The van der Waals surface area contributed by atoms with Gasteiger partial charge in [0.15, 0.2) is 0 Å². The smallest absolute Gasteiger partial charge is 0.244 e. The fraction of sp³-hybridized carbons (Fsp3) is 0.125. The van der Waals surface area contributed by atoms with E-state index in [1.807, 2.05) is 42.5 Å². The third-order valence-electron chi connectivity index (χ3n) is 2.84. The van der Waals surface area contributed by atoms with Crippen LogP contribution in [0.1, 0.15) is 11.1 Å². The van der Waals surface area contributed by atoms with Crippen LogP contribution in [0.15, 0.2) is 56.5 Å². The summed E-state index contributed by atoms with van der Waals surface area (Å²) < 4.78 is 7.01. The lowest BCUT2D eigenvalue weighted by atomic mass is 10.1. The van der Waals surface area contributed by atoms with E-state index in [0.29, 0.717) is 5.75 Å². The Balaban J connectivity index is 2.02. The molecule has 0 aliphatic rings. The van der Waals surface area contributed by atoms with Gasteiger partial charge in [0.2, 0.25) is 5.91 Å². The summed E-state index contributed by atoms with van der Waals surface area (Å²) in [4.78, 5) is 11.8. The monoisotopic (exact) mass is 424 g/mol. The highest BCUT2D eigenvalue weighted by molar-refractivity contribution is 9.11. The molecule has 1 N–H and O–H groups in total. The number of nitrogens with zero attached hydrogens (tertiary/aromatic N) is 1. The number of benzene rings is 2. The average molecular weight is 426 g/mol. The average Bonchev–Trinajstić information content (AvgIpc) is 2.48. The number of carbonyl (C=O) groups is 1. The number of hydrogen-bond acceptors (Lipinski definition) is 3.